The van der Waals surface area contributed by atoms with Crippen LogP contribution in [0.2, 0.25) is 6.04 Å². The third kappa shape index (κ3) is 3.42. The van der Waals surface area contributed by atoms with Gasteiger partial charge in [-0.05, 0) is 31.4 Å². The van der Waals surface area contributed by atoms with E-state index in [1.165, 1.54) is 25.0 Å². The van der Waals surface area contributed by atoms with E-state index in [0.717, 1.165) is 12.5 Å². The molecule has 0 aliphatic heterocycles. The molecule has 0 amide bonds. The average molecular weight is 166 g/mol. The summed E-state index contributed by atoms with van der Waals surface area (Å²) in [4.78, 5) is 0. The first kappa shape index (κ1) is 8.59. The van der Waals surface area contributed by atoms with Gasteiger partial charge in [0.2, 0.25) is 0 Å². The molecule has 0 atom stereocenters. The van der Waals surface area contributed by atoms with Crippen LogP contribution in [0, 0.1) is 0 Å². The van der Waals surface area contributed by atoms with Crippen LogP contribution in [-0.4, -0.2) is 9.76 Å². The Morgan fingerprint density at radius 2 is 2.55 bits per heavy atom. The molecule has 0 aromatic carbocycles. The fourth-order valence-electron chi connectivity index (χ4n) is 1.09. The first-order valence-corrected chi connectivity index (χ1v) is 5.24. The first-order chi connectivity index (χ1) is 5.43. The Balaban J connectivity index is 2.14. The zero-order valence-corrected chi connectivity index (χ0v) is 7.81. The standard InChI is InChI=1S/C9H14OSi/c1-2-8-11-10-9-6-4-3-5-7-9/h2,6H,1,3-5,7-8H2. The number of rotatable bonds is 4. The van der Waals surface area contributed by atoms with Crippen molar-refractivity contribution >= 4 is 9.76 Å². The van der Waals surface area contributed by atoms with Crippen LogP contribution in [0.25, 0.3) is 0 Å². The molecule has 1 aliphatic carbocycles. The van der Waals surface area contributed by atoms with Crippen molar-refractivity contribution in [2.45, 2.75) is 31.7 Å². The molecular formula is C9H14OSi. The van der Waals surface area contributed by atoms with Crippen LogP contribution < -0.4 is 0 Å². The van der Waals surface area contributed by atoms with Crippen molar-refractivity contribution in [2.75, 3.05) is 0 Å². The van der Waals surface area contributed by atoms with Crippen molar-refractivity contribution in [2.24, 2.45) is 0 Å². The highest BCUT2D eigenvalue weighted by Gasteiger charge is 2.03. The average Bonchev–Trinajstić information content (AvgIpc) is 2.07. The Morgan fingerprint density at radius 3 is 3.18 bits per heavy atom. The van der Waals surface area contributed by atoms with Crippen LogP contribution in [0.4, 0.5) is 0 Å². The molecule has 0 aromatic heterocycles. The first-order valence-electron chi connectivity index (χ1n) is 4.13. The van der Waals surface area contributed by atoms with E-state index >= 15 is 0 Å². The van der Waals surface area contributed by atoms with E-state index < -0.39 is 0 Å². The normalized spacial score (nSPS) is 17.3. The second-order valence-corrected chi connectivity index (χ2v) is 3.56. The van der Waals surface area contributed by atoms with Gasteiger partial charge in [-0.2, -0.15) is 0 Å². The maximum atomic E-state index is 5.54. The molecule has 60 valence electrons. The van der Waals surface area contributed by atoms with Crippen molar-refractivity contribution in [3.05, 3.63) is 24.5 Å². The van der Waals surface area contributed by atoms with Gasteiger partial charge in [-0.3, -0.25) is 0 Å². The van der Waals surface area contributed by atoms with Gasteiger partial charge < -0.3 is 4.43 Å². The molecule has 1 rings (SSSR count). The third-order valence-corrected chi connectivity index (χ3v) is 2.54. The second-order valence-electron chi connectivity index (χ2n) is 2.66. The van der Waals surface area contributed by atoms with E-state index in [9.17, 15) is 0 Å². The lowest BCUT2D eigenvalue weighted by Crippen LogP contribution is -2.00. The van der Waals surface area contributed by atoms with Gasteiger partial charge in [0.25, 0.3) is 0 Å². The molecule has 0 unspecified atom stereocenters. The molecule has 1 aliphatic rings. The monoisotopic (exact) mass is 166 g/mol. The highest BCUT2D eigenvalue weighted by molar-refractivity contribution is 6.28. The van der Waals surface area contributed by atoms with Gasteiger partial charge in [0.15, 0.2) is 0 Å². The Hall–Kier alpha value is -0.503. The largest absolute Gasteiger partial charge is 0.544 e. The molecule has 1 nitrogen and oxygen atoms in total. The van der Waals surface area contributed by atoms with Crippen molar-refractivity contribution in [1.82, 2.24) is 0 Å². The van der Waals surface area contributed by atoms with E-state index in [2.05, 4.69) is 12.7 Å². The Morgan fingerprint density at radius 1 is 1.64 bits per heavy atom. The van der Waals surface area contributed by atoms with Gasteiger partial charge in [0.1, 0.15) is 0 Å². The zero-order valence-electron chi connectivity index (χ0n) is 6.81. The SMILES string of the molecule is C=CC[Si]OC1=CCCCC1. The summed E-state index contributed by atoms with van der Waals surface area (Å²) in [5, 5.41) is 0. The quantitative estimate of drug-likeness (QED) is 0.354. The highest BCUT2D eigenvalue weighted by Crippen LogP contribution is 2.17. The van der Waals surface area contributed by atoms with Crippen molar-refractivity contribution in [3.63, 3.8) is 0 Å². The lowest BCUT2D eigenvalue weighted by Gasteiger charge is -2.12. The highest BCUT2D eigenvalue weighted by atomic mass is 28.2. The summed E-state index contributed by atoms with van der Waals surface area (Å²) < 4.78 is 5.54. The molecule has 0 aromatic rings. The minimum absolute atomic E-state index is 0.577. The molecule has 0 saturated carbocycles. The maximum Gasteiger partial charge on any atom is 0.314 e. The Bertz CT molecular complexity index is 152. The van der Waals surface area contributed by atoms with Gasteiger partial charge in [0.05, 0.1) is 5.76 Å². The summed E-state index contributed by atoms with van der Waals surface area (Å²) in [7, 11) is 0.577. The number of hydrogen-bond donors (Lipinski definition) is 0. The molecule has 0 heterocycles. The topological polar surface area (TPSA) is 9.23 Å². The maximum absolute atomic E-state index is 5.54. The van der Waals surface area contributed by atoms with Crippen molar-refractivity contribution in [1.29, 1.82) is 0 Å². The van der Waals surface area contributed by atoms with Gasteiger partial charge in [-0.15, -0.1) is 6.58 Å². The van der Waals surface area contributed by atoms with Crippen LogP contribution in [0.15, 0.2) is 24.5 Å². The number of hydrogen-bond acceptors (Lipinski definition) is 1. The molecule has 0 N–H and O–H groups in total. The van der Waals surface area contributed by atoms with Gasteiger partial charge in [0, 0.05) is 6.42 Å². The Kier molecular flexibility index (Phi) is 4.05. The van der Waals surface area contributed by atoms with Gasteiger partial charge >= 0.3 is 9.76 Å². The predicted octanol–water partition coefficient (Wildman–Crippen LogP) is 2.68. The van der Waals surface area contributed by atoms with Gasteiger partial charge in [-0.1, -0.05) is 6.08 Å². The minimum atomic E-state index is 0.577. The second kappa shape index (κ2) is 5.19. The van der Waals surface area contributed by atoms with E-state index in [4.69, 9.17) is 4.43 Å². The molecule has 0 fully saturated rings. The lowest BCUT2D eigenvalue weighted by atomic mass is 10.1. The van der Waals surface area contributed by atoms with Crippen LogP contribution in [-0.2, 0) is 4.43 Å². The Labute approximate surface area is 71.1 Å². The molecule has 0 saturated heterocycles. The zero-order chi connectivity index (χ0) is 7.94. The smallest absolute Gasteiger partial charge is 0.314 e. The molecular weight excluding hydrogens is 152 g/mol. The fourth-order valence-corrected chi connectivity index (χ4v) is 1.67. The van der Waals surface area contributed by atoms with E-state index in [1.54, 1.807) is 0 Å². The fraction of sp³-hybridized carbons (Fsp3) is 0.556. The number of allylic oxidation sites excluding steroid dienone is 3. The van der Waals surface area contributed by atoms with Crippen LogP contribution in [0.3, 0.4) is 0 Å². The van der Waals surface area contributed by atoms with Crippen molar-refractivity contribution < 1.29 is 4.43 Å². The molecule has 11 heavy (non-hydrogen) atoms. The van der Waals surface area contributed by atoms with Crippen molar-refractivity contribution in [3.8, 4) is 0 Å². The third-order valence-electron chi connectivity index (χ3n) is 1.68. The molecule has 0 bridgehead atoms. The molecule has 2 radical (unpaired) electrons. The molecule has 2 heteroatoms. The lowest BCUT2D eigenvalue weighted by molar-refractivity contribution is 0.405. The predicted molar refractivity (Wildman–Crippen MR) is 48.4 cm³/mol. The van der Waals surface area contributed by atoms with E-state index in [1.807, 2.05) is 6.08 Å². The van der Waals surface area contributed by atoms with Crippen LogP contribution in [0.5, 0.6) is 0 Å². The summed E-state index contributed by atoms with van der Waals surface area (Å²) in [6, 6.07) is 0.983. The molecule has 0 spiro atoms. The summed E-state index contributed by atoms with van der Waals surface area (Å²) in [6.45, 7) is 3.65. The van der Waals surface area contributed by atoms with Crippen LogP contribution in [0.1, 0.15) is 25.7 Å². The summed E-state index contributed by atoms with van der Waals surface area (Å²) >= 11 is 0. The van der Waals surface area contributed by atoms with E-state index in [-0.39, 0.29) is 0 Å². The van der Waals surface area contributed by atoms with E-state index in [0.29, 0.717) is 9.76 Å². The summed E-state index contributed by atoms with van der Waals surface area (Å²) in [5.41, 5.74) is 0. The summed E-state index contributed by atoms with van der Waals surface area (Å²) in [6.07, 6.45) is 9.10. The minimum Gasteiger partial charge on any atom is -0.544 e. The van der Waals surface area contributed by atoms with Gasteiger partial charge in [-0.25, -0.2) is 0 Å². The summed E-state index contributed by atoms with van der Waals surface area (Å²) in [5.74, 6) is 1.21. The van der Waals surface area contributed by atoms with Crippen LogP contribution >= 0.6 is 0 Å².